The lowest BCUT2D eigenvalue weighted by Crippen LogP contribution is -2.16. The number of hydrogen-bond acceptors (Lipinski definition) is 3. The highest BCUT2D eigenvalue weighted by atomic mass is 16.2. The van der Waals surface area contributed by atoms with Gasteiger partial charge in [0.2, 0.25) is 0 Å². The molecule has 1 aromatic rings. The molecule has 0 bridgehead atoms. The van der Waals surface area contributed by atoms with Crippen LogP contribution in [0, 0.1) is 0 Å². The van der Waals surface area contributed by atoms with Gasteiger partial charge in [-0.1, -0.05) is 6.07 Å². The van der Waals surface area contributed by atoms with Crippen LogP contribution in [0.15, 0.2) is 24.5 Å². The lowest BCUT2D eigenvalue weighted by Gasteiger charge is -2.14. The molecule has 0 aliphatic heterocycles. The number of nitrogens with zero attached hydrogens (tertiary/aromatic N) is 1. The van der Waals surface area contributed by atoms with E-state index in [0.717, 1.165) is 12.8 Å². The average Bonchev–Trinajstić information content (AvgIpc) is 2.21. The maximum Gasteiger partial charge on any atom is 0.0431 e. The Bertz CT molecular complexity index is 226. The standard InChI is InChI=1S/C10H16N2O/c1-11-10(5-3-7-13)9-4-2-6-12-8-9/h2,4,6,8,10-11,13H,3,5,7H2,1H3/t10-/m0/s1. The lowest BCUT2D eigenvalue weighted by atomic mass is 10.0. The molecule has 1 atom stereocenters. The quantitative estimate of drug-likeness (QED) is 0.713. The summed E-state index contributed by atoms with van der Waals surface area (Å²) in [4.78, 5) is 4.06. The zero-order chi connectivity index (χ0) is 9.52. The highest BCUT2D eigenvalue weighted by Crippen LogP contribution is 2.15. The molecule has 3 nitrogen and oxygen atoms in total. The molecule has 2 N–H and O–H groups in total. The van der Waals surface area contributed by atoms with Crippen LogP contribution in [0.2, 0.25) is 0 Å². The van der Waals surface area contributed by atoms with Gasteiger partial charge in [-0.15, -0.1) is 0 Å². The number of hydrogen-bond donors (Lipinski definition) is 2. The zero-order valence-electron chi connectivity index (χ0n) is 7.90. The van der Waals surface area contributed by atoms with Gasteiger partial charge in [-0.05, 0) is 31.5 Å². The fourth-order valence-corrected chi connectivity index (χ4v) is 1.36. The molecule has 0 spiro atoms. The minimum absolute atomic E-state index is 0.248. The molecule has 1 heterocycles. The van der Waals surface area contributed by atoms with E-state index in [1.807, 2.05) is 25.4 Å². The fourth-order valence-electron chi connectivity index (χ4n) is 1.36. The van der Waals surface area contributed by atoms with Gasteiger partial charge in [-0.2, -0.15) is 0 Å². The maximum absolute atomic E-state index is 8.71. The van der Waals surface area contributed by atoms with E-state index >= 15 is 0 Å². The van der Waals surface area contributed by atoms with Crippen LogP contribution in [0.4, 0.5) is 0 Å². The van der Waals surface area contributed by atoms with Crippen molar-refractivity contribution in [2.75, 3.05) is 13.7 Å². The Kier molecular flexibility index (Phi) is 4.43. The summed E-state index contributed by atoms with van der Waals surface area (Å²) in [6.07, 6.45) is 5.39. The maximum atomic E-state index is 8.71. The number of rotatable bonds is 5. The van der Waals surface area contributed by atoms with E-state index in [4.69, 9.17) is 5.11 Å². The van der Waals surface area contributed by atoms with E-state index in [-0.39, 0.29) is 6.61 Å². The van der Waals surface area contributed by atoms with Crippen LogP contribution in [0.5, 0.6) is 0 Å². The zero-order valence-corrected chi connectivity index (χ0v) is 7.90. The molecule has 1 aromatic heterocycles. The van der Waals surface area contributed by atoms with Gasteiger partial charge in [-0.25, -0.2) is 0 Å². The summed E-state index contributed by atoms with van der Waals surface area (Å²) in [6, 6.07) is 4.28. The first-order chi connectivity index (χ1) is 6.38. The molecular weight excluding hydrogens is 164 g/mol. The molecule has 0 aromatic carbocycles. The Hall–Kier alpha value is -0.930. The monoisotopic (exact) mass is 180 g/mol. The molecule has 13 heavy (non-hydrogen) atoms. The third kappa shape index (κ3) is 3.13. The van der Waals surface area contributed by atoms with Crippen molar-refractivity contribution in [1.29, 1.82) is 0 Å². The number of aromatic nitrogens is 1. The van der Waals surface area contributed by atoms with Crippen molar-refractivity contribution < 1.29 is 5.11 Å². The summed E-state index contributed by atoms with van der Waals surface area (Å²) in [7, 11) is 1.93. The van der Waals surface area contributed by atoms with Crippen molar-refractivity contribution in [2.45, 2.75) is 18.9 Å². The normalized spacial score (nSPS) is 12.8. The lowest BCUT2D eigenvalue weighted by molar-refractivity contribution is 0.276. The van der Waals surface area contributed by atoms with Gasteiger partial charge in [0.15, 0.2) is 0 Å². The first-order valence-electron chi connectivity index (χ1n) is 4.56. The Morgan fingerprint density at radius 2 is 2.46 bits per heavy atom. The third-order valence-corrected chi connectivity index (χ3v) is 2.09. The molecule has 0 aliphatic rings. The van der Waals surface area contributed by atoms with Crippen LogP contribution in [-0.2, 0) is 0 Å². The van der Waals surface area contributed by atoms with Crippen LogP contribution in [0.1, 0.15) is 24.4 Å². The molecule has 0 saturated carbocycles. The Morgan fingerprint density at radius 3 is 3.00 bits per heavy atom. The molecule has 72 valence electrons. The molecule has 0 amide bonds. The molecule has 0 saturated heterocycles. The summed E-state index contributed by atoms with van der Waals surface area (Å²) < 4.78 is 0. The van der Waals surface area contributed by atoms with E-state index in [9.17, 15) is 0 Å². The Balaban J connectivity index is 2.56. The Labute approximate surface area is 78.8 Å². The summed E-state index contributed by atoms with van der Waals surface area (Å²) in [6.45, 7) is 0.248. The SMILES string of the molecule is CN[C@@H](CCCO)c1cccnc1. The van der Waals surface area contributed by atoms with E-state index in [1.165, 1.54) is 5.56 Å². The number of aliphatic hydroxyl groups is 1. The second kappa shape index (κ2) is 5.67. The van der Waals surface area contributed by atoms with E-state index < -0.39 is 0 Å². The molecule has 1 rings (SSSR count). The molecule has 0 unspecified atom stereocenters. The van der Waals surface area contributed by atoms with Crippen LogP contribution in [0.3, 0.4) is 0 Å². The third-order valence-electron chi connectivity index (χ3n) is 2.09. The number of aliphatic hydroxyl groups excluding tert-OH is 1. The minimum Gasteiger partial charge on any atom is -0.396 e. The second-order valence-electron chi connectivity index (χ2n) is 2.99. The first kappa shape index (κ1) is 10.2. The predicted octanol–water partition coefficient (Wildman–Crippen LogP) is 1.11. The smallest absolute Gasteiger partial charge is 0.0431 e. The van der Waals surface area contributed by atoms with Gasteiger partial charge in [0.1, 0.15) is 0 Å². The second-order valence-corrected chi connectivity index (χ2v) is 2.99. The number of pyridine rings is 1. The number of nitrogens with one attached hydrogen (secondary N) is 1. The van der Waals surface area contributed by atoms with Crippen molar-refractivity contribution in [1.82, 2.24) is 10.3 Å². The largest absolute Gasteiger partial charge is 0.396 e. The van der Waals surface area contributed by atoms with Crippen LogP contribution in [0.25, 0.3) is 0 Å². The summed E-state index contributed by atoms with van der Waals surface area (Å²) in [5.41, 5.74) is 1.18. The first-order valence-corrected chi connectivity index (χ1v) is 4.56. The molecule has 3 heteroatoms. The van der Waals surface area contributed by atoms with E-state index in [1.54, 1.807) is 6.20 Å². The van der Waals surface area contributed by atoms with E-state index in [0.29, 0.717) is 6.04 Å². The average molecular weight is 180 g/mol. The molecular formula is C10H16N2O. The van der Waals surface area contributed by atoms with Gasteiger partial charge in [-0.3, -0.25) is 4.98 Å². The van der Waals surface area contributed by atoms with Crippen molar-refractivity contribution in [3.8, 4) is 0 Å². The summed E-state index contributed by atoms with van der Waals surface area (Å²) >= 11 is 0. The van der Waals surface area contributed by atoms with Crippen molar-refractivity contribution >= 4 is 0 Å². The van der Waals surface area contributed by atoms with Gasteiger partial charge < -0.3 is 10.4 Å². The highest BCUT2D eigenvalue weighted by molar-refractivity contribution is 5.13. The van der Waals surface area contributed by atoms with Crippen LogP contribution in [-0.4, -0.2) is 23.7 Å². The molecule has 0 aliphatic carbocycles. The van der Waals surface area contributed by atoms with Gasteiger partial charge in [0.25, 0.3) is 0 Å². The highest BCUT2D eigenvalue weighted by Gasteiger charge is 2.07. The fraction of sp³-hybridized carbons (Fsp3) is 0.500. The van der Waals surface area contributed by atoms with E-state index in [2.05, 4.69) is 10.3 Å². The van der Waals surface area contributed by atoms with Crippen molar-refractivity contribution in [3.63, 3.8) is 0 Å². The topological polar surface area (TPSA) is 45.1 Å². The van der Waals surface area contributed by atoms with Crippen molar-refractivity contribution in [2.24, 2.45) is 0 Å². The van der Waals surface area contributed by atoms with Crippen LogP contribution >= 0.6 is 0 Å². The minimum atomic E-state index is 0.248. The molecule has 0 fully saturated rings. The van der Waals surface area contributed by atoms with Gasteiger partial charge in [0.05, 0.1) is 0 Å². The van der Waals surface area contributed by atoms with Gasteiger partial charge in [0, 0.05) is 25.0 Å². The summed E-state index contributed by atoms with van der Waals surface area (Å²) in [5.74, 6) is 0. The van der Waals surface area contributed by atoms with Gasteiger partial charge >= 0.3 is 0 Å². The Morgan fingerprint density at radius 1 is 1.62 bits per heavy atom. The molecule has 0 radical (unpaired) electrons. The summed E-state index contributed by atoms with van der Waals surface area (Å²) in [5, 5.41) is 11.9. The van der Waals surface area contributed by atoms with Crippen LogP contribution < -0.4 is 5.32 Å². The predicted molar refractivity (Wildman–Crippen MR) is 52.4 cm³/mol. The van der Waals surface area contributed by atoms with Crippen molar-refractivity contribution in [3.05, 3.63) is 30.1 Å².